The molecule has 2 fully saturated rings. The van der Waals surface area contributed by atoms with Crippen molar-refractivity contribution in [3.8, 4) is 0 Å². The fourth-order valence-electron chi connectivity index (χ4n) is 3.19. The van der Waals surface area contributed by atoms with E-state index in [0.717, 1.165) is 42.8 Å². The largest absolute Gasteiger partial charge is 0.341 e. The molecule has 0 amide bonds. The van der Waals surface area contributed by atoms with Gasteiger partial charge in [-0.15, -0.1) is 10.2 Å². The molecular formula is C16H24N6S. The molecule has 4 rings (SSSR count). The summed E-state index contributed by atoms with van der Waals surface area (Å²) >= 11 is 1.86. The number of aryl methyl sites for hydroxylation is 2. The Morgan fingerprint density at radius 1 is 1.22 bits per heavy atom. The monoisotopic (exact) mass is 332 g/mol. The highest BCUT2D eigenvalue weighted by atomic mass is 32.2. The van der Waals surface area contributed by atoms with Gasteiger partial charge >= 0.3 is 0 Å². The van der Waals surface area contributed by atoms with Crippen LogP contribution < -0.4 is 4.90 Å². The standard InChI is InChI=1S/C16H24N6S/c1-20-12-13(11-17-20)5-4-10-23-16-19-18-15(21-8-2-3-9-21)22(16)14-6-7-14/h11-12,14H,2-10H2,1H3. The zero-order valence-electron chi connectivity index (χ0n) is 13.7. The summed E-state index contributed by atoms with van der Waals surface area (Å²) in [7, 11) is 1.97. The Kier molecular flexibility index (Phi) is 4.29. The molecular weight excluding hydrogens is 308 g/mol. The fraction of sp³-hybridized carbons (Fsp3) is 0.688. The number of thioether (sulfide) groups is 1. The van der Waals surface area contributed by atoms with E-state index in [0.29, 0.717) is 6.04 Å². The van der Waals surface area contributed by atoms with Crippen LogP contribution in [0.25, 0.3) is 0 Å². The lowest BCUT2D eigenvalue weighted by Crippen LogP contribution is -2.22. The third kappa shape index (κ3) is 3.39. The predicted octanol–water partition coefficient (Wildman–Crippen LogP) is 2.67. The fourth-order valence-corrected chi connectivity index (χ4v) is 4.13. The molecule has 2 aromatic rings. The molecule has 0 bridgehead atoms. The van der Waals surface area contributed by atoms with Gasteiger partial charge in [-0.05, 0) is 44.1 Å². The Hall–Kier alpha value is -1.50. The lowest BCUT2D eigenvalue weighted by atomic mass is 10.2. The molecule has 1 aliphatic heterocycles. The smallest absolute Gasteiger partial charge is 0.228 e. The quantitative estimate of drug-likeness (QED) is 0.576. The molecule has 0 aromatic carbocycles. The van der Waals surface area contributed by atoms with Crippen LogP contribution in [0.15, 0.2) is 17.6 Å². The van der Waals surface area contributed by atoms with Crippen LogP contribution in [0.3, 0.4) is 0 Å². The molecule has 0 spiro atoms. The van der Waals surface area contributed by atoms with E-state index in [9.17, 15) is 0 Å². The minimum absolute atomic E-state index is 0.640. The zero-order valence-corrected chi connectivity index (χ0v) is 14.5. The molecule has 3 heterocycles. The summed E-state index contributed by atoms with van der Waals surface area (Å²) in [6.45, 7) is 2.27. The van der Waals surface area contributed by atoms with E-state index in [2.05, 4.69) is 31.0 Å². The second-order valence-corrected chi connectivity index (χ2v) is 7.61. The van der Waals surface area contributed by atoms with Gasteiger partial charge in [0.1, 0.15) is 0 Å². The maximum atomic E-state index is 4.50. The SMILES string of the molecule is Cn1cc(CCCSc2nnc(N3CCCC3)n2C2CC2)cn1. The van der Waals surface area contributed by atoms with Crippen LogP contribution >= 0.6 is 11.8 Å². The van der Waals surface area contributed by atoms with E-state index in [1.165, 1.54) is 31.2 Å². The van der Waals surface area contributed by atoms with Gasteiger partial charge in [-0.2, -0.15) is 5.10 Å². The maximum Gasteiger partial charge on any atom is 0.228 e. The van der Waals surface area contributed by atoms with E-state index in [4.69, 9.17) is 0 Å². The summed E-state index contributed by atoms with van der Waals surface area (Å²) < 4.78 is 4.27. The highest BCUT2D eigenvalue weighted by Crippen LogP contribution is 2.41. The Labute approximate surface area is 141 Å². The second kappa shape index (κ2) is 6.55. The molecule has 0 atom stereocenters. The van der Waals surface area contributed by atoms with Gasteiger partial charge in [-0.1, -0.05) is 11.8 Å². The van der Waals surface area contributed by atoms with E-state index in [1.807, 2.05) is 29.7 Å². The van der Waals surface area contributed by atoms with Crippen LogP contribution in [0.4, 0.5) is 5.95 Å². The minimum Gasteiger partial charge on any atom is -0.341 e. The first-order valence-electron chi connectivity index (χ1n) is 8.61. The highest BCUT2D eigenvalue weighted by Gasteiger charge is 2.32. The van der Waals surface area contributed by atoms with Crippen molar-refractivity contribution >= 4 is 17.7 Å². The van der Waals surface area contributed by atoms with Crippen LogP contribution in [-0.2, 0) is 13.5 Å². The average Bonchev–Trinajstić information content (AvgIpc) is 2.95. The van der Waals surface area contributed by atoms with Gasteiger partial charge in [0.05, 0.1) is 6.20 Å². The zero-order chi connectivity index (χ0) is 15.6. The van der Waals surface area contributed by atoms with Crippen molar-refractivity contribution in [1.29, 1.82) is 0 Å². The molecule has 0 radical (unpaired) electrons. The van der Waals surface area contributed by atoms with Gasteiger partial charge in [0.15, 0.2) is 5.16 Å². The van der Waals surface area contributed by atoms with Crippen molar-refractivity contribution in [3.63, 3.8) is 0 Å². The van der Waals surface area contributed by atoms with Gasteiger partial charge < -0.3 is 4.90 Å². The molecule has 1 saturated carbocycles. The number of anilines is 1. The van der Waals surface area contributed by atoms with Crippen molar-refractivity contribution in [2.75, 3.05) is 23.7 Å². The first kappa shape index (κ1) is 15.1. The lowest BCUT2D eigenvalue weighted by molar-refractivity contribution is 0.651. The Bertz CT molecular complexity index is 653. The van der Waals surface area contributed by atoms with Crippen molar-refractivity contribution in [2.24, 2.45) is 7.05 Å². The first-order chi connectivity index (χ1) is 11.3. The van der Waals surface area contributed by atoms with E-state index < -0.39 is 0 Å². The van der Waals surface area contributed by atoms with Crippen molar-refractivity contribution in [2.45, 2.75) is 49.7 Å². The van der Waals surface area contributed by atoms with Crippen LogP contribution in [0, 0.1) is 0 Å². The first-order valence-corrected chi connectivity index (χ1v) is 9.60. The second-order valence-electron chi connectivity index (χ2n) is 6.55. The molecule has 2 aliphatic rings. The minimum atomic E-state index is 0.640. The predicted molar refractivity (Wildman–Crippen MR) is 92.0 cm³/mol. The van der Waals surface area contributed by atoms with Gasteiger partial charge in [-0.3, -0.25) is 9.25 Å². The molecule has 124 valence electrons. The summed E-state index contributed by atoms with van der Waals surface area (Å²) in [5.74, 6) is 2.19. The van der Waals surface area contributed by atoms with Crippen molar-refractivity contribution in [3.05, 3.63) is 18.0 Å². The number of rotatable bonds is 7. The Morgan fingerprint density at radius 2 is 2.04 bits per heavy atom. The average molecular weight is 332 g/mol. The van der Waals surface area contributed by atoms with Crippen LogP contribution in [0.1, 0.15) is 43.7 Å². The Morgan fingerprint density at radius 3 is 2.74 bits per heavy atom. The van der Waals surface area contributed by atoms with E-state index in [-0.39, 0.29) is 0 Å². The van der Waals surface area contributed by atoms with Crippen LogP contribution in [-0.4, -0.2) is 43.4 Å². The number of hydrogen-bond donors (Lipinski definition) is 0. The molecule has 1 aliphatic carbocycles. The number of nitrogens with zero attached hydrogens (tertiary/aromatic N) is 6. The molecule has 23 heavy (non-hydrogen) atoms. The lowest BCUT2D eigenvalue weighted by Gasteiger charge is -2.17. The van der Waals surface area contributed by atoms with Gasteiger partial charge in [0.25, 0.3) is 0 Å². The number of hydrogen-bond acceptors (Lipinski definition) is 5. The van der Waals surface area contributed by atoms with Crippen LogP contribution in [0.5, 0.6) is 0 Å². The van der Waals surface area contributed by atoms with Gasteiger partial charge in [0, 0.05) is 38.1 Å². The molecule has 1 saturated heterocycles. The molecule has 6 nitrogen and oxygen atoms in total. The molecule has 0 unspecified atom stereocenters. The number of aromatic nitrogens is 5. The molecule has 0 N–H and O–H groups in total. The molecule has 2 aromatic heterocycles. The third-order valence-electron chi connectivity index (χ3n) is 4.55. The molecule has 7 heteroatoms. The third-order valence-corrected chi connectivity index (χ3v) is 5.58. The Balaban J connectivity index is 1.36. The summed E-state index contributed by atoms with van der Waals surface area (Å²) in [5.41, 5.74) is 1.31. The van der Waals surface area contributed by atoms with E-state index in [1.54, 1.807) is 0 Å². The maximum absolute atomic E-state index is 4.50. The van der Waals surface area contributed by atoms with E-state index >= 15 is 0 Å². The van der Waals surface area contributed by atoms with Gasteiger partial charge in [-0.25, -0.2) is 0 Å². The highest BCUT2D eigenvalue weighted by molar-refractivity contribution is 7.99. The van der Waals surface area contributed by atoms with Crippen LogP contribution in [0.2, 0.25) is 0 Å². The summed E-state index contributed by atoms with van der Waals surface area (Å²) in [6, 6.07) is 0.640. The summed E-state index contributed by atoms with van der Waals surface area (Å²) in [4.78, 5) is 2.41. The topological polar surface area (TPSA) is 51.8 Å². The van der Waals surface area contributed by atoms with Crippen molar-refractivity contribution < 1.29 is 0 Å². The summed E-state index contributed by atoms with van der Waals surface area (Å²) in [5, 5.41) is 14.3. The summed E-state index contributed by atoms with van der Waals surface area (Å²) in [6.07, 6.45) is 11.4. The van der Waals surface area contributed by atoms with Gasteiger partial charge in [0.2, 0.25) is 5.95 Å². The van der Waals surface area contributed by atoms with Crippen molar-refractivity contribution in [1.82, 2.24) is 24.5 Å². The normalized spacial score (nSPS) is 18.0.